The smallest absolute Gasteiger partial charge is 0.358 e. The van der Waals surface area contributed by atoms with E-state index in [1.54, 1.807) is 0 Å². The predicted molar refractivity (Wildman–Crippen MR) is 77.0 cm³/mol. The van der Waals surface area contributed by atoms with Gasteiger partial charge in [0, 0.05) is 12.3 Å². The van der Waals surface area contributed by atoms with Gasteiger partial charge in [0.25, 0.3) is 5.56 Å². The molecule has 3 rings (SSSR count). The molecule has 0 spiro atoms. The molecule has 108 valence electrons. The van der Waals surface area contributed by atoms with Gasteiger partial charge in [-0.25, -0.2) is 9.78 Å². The van der Waals surface area contributed by atoms with Crippen molar-refractivity contribution in [2.24, 2.45) is 0 Å². The molecule has 0 saturated carbocycles. The average Bonchev–Trinajstić information content (AvgIpc) is 2.96. The van der Waals surface area contributed by atoms with Gasteiger partial charge in [0.2, 0.25) is 5.75 Å². The fourth-order valence-electron chi connectivity index (χ4n) is 2.06. The monoisotopic (exact) mass is 304 g/mol. The molecular formula is C14H12N2O4S. The highest BCUT2D eigenvalue weighted by atomic mass is 32.2. The van der Waals surface area contributed by atoms with Gasteiger partial charge in [0.05, 0.1) is 0 Å². The maximum atomic E-state index is 12.3. The van der Waals surface area contributed by atoms with Gasteiger partial charge in [-0.1, -0.05) is 42.1 Å². The highest BCUT2D eigenvalue weighted by Gasteiger charge is 2.25. The third kappa shape index (κ3) is 2.64. The van der Waals surface area contributed by atoms with Gasteiger partial charge in [0.1, 0.15) is 6.61 Å². The molecule has 1 aromatic carbocycles. The van der Waals surface area contributed by atoms with E-state index < -0.39 is 11.5 Å². The number of hydrogen-bond acceptors (Lipinski definition) is 5. The van der Waals surface area contributed by atoms with E-state index in [-0.39, 0.29) is 18.1 Å². The molecule has 21 heavy (non-hydrogen) atoms. The molecule has 0 saturated heterocycles. The normalized spacial score (nSPS) is 13.0. The number of ether oxygens (including phenoxy) is 1. The van der Waals surface area contributed by atoms with Crippen LogP contribution in [0.5, 0.6) is 5.75 Å². The van der Waals surface area contributed by atoms with Crippen molar-refractivity contribution in [3.8, 4) is 5.75 Å². The van der Waals surface area contributed by atoms with Crippen LogP contribution in [-0.4, -0.2) is 26.4 Å². The van der Waals surface area contributed by atoms with Gasteiger partial charge in [-0.2, -0.15) is 0 Å². The number of aromatic carboxylic acids is 1. The lowest BCUT2D eigenvalue weighted by atomic mass is 10.2. The van der Waals surface area contributed by atoms with Crippen LogP contribution in [0.4, 0.5) is 0 Å². The molecule has 2 aromatic rings. The van der Waals surface area contributed by atoms with Gasteiger partial charge in [0.15, 0.2) is 10.9 Å². The number of carboxylic acid groups (broad SMARTS) is 1. The standard InChI is InChI=1S/C14H12N2O4S/c17-12-11(20-8-9-4-2-1-3-5-9)10(13(18)19)15-14-16(12)6-7-21-14/h1-5H,6-8H2,(H,18,19). The zero-order valence-corrected chi connectivity index (χ0v) is 11.8. The second kappa shape index (κ2) is 5.61. The number of fused-ring (bicyclic) bond motifs is 1. The number of hydrogen-bond donors (Lipinski definition) is 1. The summed E-state index contributed by atoms with van der Waals surface area (Å²) < 4.78 is 6.91. The van der Waals surface area contributed by atoms with Crippen LogP contribution in [0.15, 0.2) is 40.3 Å². The fraction of sp³-hybridized carbons (Fsp3) is 0.214. The van der Waals surface area contributed by atoms with E-state index in [1.807, 2.05) is 30.3 Å². The molecule has 7 heteroatoms. The van der Waals surface area contributed by atoms with Crippen LogP contribution < -0.4 is 10.3 Å². The summed E-state index contributed by atoms with van der Waals surface area (Å²) in [6.45, 7) is 0.651. The maximum Gasteiger partial charge on any atom is 0.358 e. The molecular weight excluding hydrogens is 292 g/mol. The fourth-order valence-corrected chi connectivity index (χ4v) is 3.00. The summed E-state index contributed by atoms with van der Waals surface area (Å²) in [6, 6.07) is 9.25. The minimum Gasteiger partial charge on any atom is -0.481 e. The van der Waals surface area contributed by atoms with E-state index in [9.17, 15) is 14.7 Å². The van der Waals surface area contributed by atoms with E-state index >= 15 is 0 Å². The molecule has 0 unspecified atom stereocenters. The Bertz CT molecular complexity index is 743. The van der Waals surface area contributed by atoms with Crippen molar-refractivity contribution in [1.82, 2.24) is 9.55 Å². The zero-order chi connectivity index (χ0) is 14.8. The highest BCUT2D eigenvalue weighted by Crippen LogP contribution is 2.25. The van der Waals surface area contributed by atoms with Gasteiger partial charge in [-0.15, -0.1) is 0 Å². The quantitative estimate of drug-likeness (QED) is 0.865. The Morgan fingerprint density at radius 2 is 2.14 bits per heavy atom. The Morgan fingerprint density at radius 1 is 1.38 bits per heavy atom. The largest absolute Gasteiger partial charge is 0.481 e. The first-order chi connectivity index (χ1) is 10.2. The molecule has 0 aliphatic carbocycles. The first-order valence-corrected chi connectivity index (χ1v) is 7.33. The van der Waals surface area contributed by atoms with Crippen LogP contribution in [0.3, 0.4) is 0 Å². The summed E-state index contributed by atoms with van der Waals surface area (Å²) in [6.07, 6.45) is 0. The number of thioether (sulfide) groups is 1. The van der Waals surface area contributed by atoms with E-state index in [2.05, 4.69) is 4.98 Å². The van der Waals surface area contributed by atoms with Crippen LogP contribution in [0.1, 0.15) is 16.1 Å². The highest BCUT2D eigenvalue weighted by molar-refractivity contribution is 7.99. The van der Waals surface area contributed by atoms with Crippen molar-refractivity contribution >= 4 is 17.7 Å². The van der Waals surface area contributed by atoms with Crippen LogP contribution in [0.25, 0.3) is 0 Å². The number of rotatable bonds is 4. The zero-order valence-electron chi connectivity index (χ0n) is 11.0. The number of carboxylic acids is 1. The summed E-state index contributed by atoms with van der Waals surface area (Å²) >= 11 is 1.37. The van der Waals surface area contributed by atoms with E-state index in [0.717, 1.165) is 5.56 Å². The van der Waals surface area contributed by atoms with Gasteiger partial charge >= 0.3 is 5.97 Å². The lowest BCUT2D eigenvalue weighted by molar-refractivity contribution is 0.0682. The molecule has 1 aliphatic rings. The van der Waals surface area contributed by atoms with Crippen molar-refractivity contribution in [1.29, 1.82) is 0 Å². The summed E-state index contributed by atoms with van der Waals surface area (Å²) in [4.78, 5) is 27.6. The number of carbonyl (C=O) groups is 1. The van der Waals surface area contributed by atoms with Crippen LogP contribution in [0.2, 0.25) is 0 Å². The number of aromatic nitrogens is 2. The second-order valence-electron chi connectivity index (χ2n) is 4.46. The van der Waals surface area contributed by atoms with Crippen LogP contribution in [0, 0.1) is 0 Å². The predicted octanol–water partition coefficient (Wildman–Crippen LogP) is 1.63. The number of nitrogens with zero attached hydrogens (tertiary/aromatic N) is 2. The molecule has 1 N–H and O–H groups in total. The van der Waals surface area contributed by atoms with Crippen molar-refractivity contribution in [2.45, 2.75) is 18.3 Å². The molecule has 0 fully saturated rings. The second-order valence-corrected chi connectivity index (χ2v) is 5.52. The Labute approximate surface area is 124 Å². The average molecular weight is 304 g/mol. The van der Waals surface area contributed by atoms with Gasteiger partial charge < -0.3 is 9.84 Å². The molecule has 2 heterocycles. The first-order valence-electron chi connectivity index (χ1n) is 6.34. The SMILES string of the molecule is O=C(O)c1nc2n(c(=O)c1OCc1ccccc1)CCS2. The summed E-state index contributed by atoms with van der Waals surface area (Å²) in [5, 5.41) is 9.65. The molecule has 0 radical (unpaired) electrons. The Morgan fingerprint density at radius 3 is 2.86 bits per heavy atom. The van der Waals surface area contributed by atoms with Crippen molar-refractivity contribution in [3.05, 3.63) is 51.9 Å². The molecule has 0 bridgehead atoms. The number of benzene rings is 1. The molecule has 1 aliphatic heterocycles. The molecule has 6 nitrogen and oxygen atoms in total. The summed E-state index contributed by atoms with van der Waals surface area (Å²) in [5.74, 6) is -0.743. The minimum atomic E-state index is -1.26. The van der Waals surface area contributed by atoms with E-state index in [4.69, 9.17) is 4.74 Å². The van der Waals surface area contributed by atoms with Crippen LogP contribution >= 0.6 is 11.8 Å². The lowest BCUT2D eigenvalue weighted by Crippen LogP contribution is -2.25. The molecule has 1 aromatic heterocycles. The van der Waals surface area contributed by atoms with Crippen LogP contribution in [-0.2, 0) is 13.2 Å². The third-order valence-corrected chi connectivity index (χ3v) is 4.02. The summed E-state index contributed by atoms with van der Waals surface area (Å²) in [5.41, 5.74) is 0.100. The maximum absolute atomic E-state index is 12.3. The molecule has 0 atom stereocenters. The minimum absolute atomic E-state index is 0.129. The van der Waals surface area contributed by atoms with Crippen molar-refractivity contribution < 1.29 is 14.6 Å². The van der Waals surface area contributed by atoms with E-state index in [1.165, 1.54) is 16.3 Å². The van der Waals surface area contributed by atoms with Crippen molar-refractivity contribution in [2.75, 3.05) is 5.75 Å². The molecule has 0 amide bonds. The van der Waals surface area contributed by atoms with Crippen molar-refractivity contribution in [3.63, 3.8) is 0 Å². The lowest BCUT2D eigenvalue weighted by Gasteiger charge is -2.10. The Balaban J connectivity index is 1.97. The Hall–Kier alpha value is -2.28. The van der Waals surface area contributed by atoms with Gasteiger partial charge in [-0.3, -0.25) is 9.36 Å². The van der Waals surface area contributed by atoms with Gasteiger partial charge in [-0.05, 0) is 5.56 Å². The first kappa shape index (κ1) is 13.7. The summed E-state index contributed by atoms with van der Waals surface area (Å²) in [7, 11) is 0. The Kier molecular flexibility index (Phi) is 3.66. The third-order valence-electron chi connectivity index (χ3n) is 3.07. The topological polar surface area (TPSA) is 81.4 Å². The van der Waals surface area contributed by atoms with E-state index in [0.29, 0.717) is 17.5 Å².